The summed E-state index contributed by atoms with van der Waals surface area (Å²) in [6, 6.07) is 5.81. The third kappa shape index (κ3) is 11.0. The summed E-state index contributed by atoms with van der Waals surface area (Å²) >= 11 is 0. The van der Waals surface area contributed by atoms with Gasteiger partial charge >= 0.3 is 5.97 Å². The molecule has 1 aromatic carbocycles. The van der Waals surface area contributed by atoms with Crippen molar-refractivity contribution >= 4 is 5.97 Å². The Bertz CT molecular complexity index is 347. The third-order valence-electron chi connectivity index (χ3n) is 2.74. The molecule has 0 unspecified atom stereocenters. The van der Waals surface area contributed by atoms with Gasteiger partial charge < -0.3 is 17.1 Å². The quantitative estimate of drug-likeness (QED) is 0.434. The predicted octanol–water partition coefficient (Wildman–Crippen LogP) is 4.66. The first kappa shape index (κ1) is 21.4. The van der Waals surface area contributed by atoms with Crippen LogP contribution in [0.4, 0.5) is 0 Å². The molecule has 1 aromatic rings. The van der Waals surface area contributed by atoms with Gasteiger partial charge in [0.25, 0.3) is 0 Å². The number of hydrogen-bond acceptors (Lipinski definition) is 2. The summed E-state index contributed by atoms with van der Waals surface area (Å²) in [5, 5.41) is 17.3. The van der Waals surface area contributed by atoms with E-state index in [9.17, 15) is 4.79 Å². The van der Waals surface area contributed by atoms with E-state index in [0.717, 1.165) is 6.42 Å². The standard InChI is InChI=1S/C9H19.C7H6O3.Zn/c1-3-5-7-9-8-6-4-2;8-6-4-2-1-3-5(6)7(9)10;/h1,3-9H2,2H3;1-4,8H,(H,9,10);/q-1;;. The minimum atomic E-state index is -1.11. The summed E-state index contributed by atoms with van der Waals surface area (Å²) < 4.78 is 0. The van der Waals surface area contributed by atoms with E-state index >= 15 is 0 Å². The van der Waals surface area contributed by atoms with E-state index in [1.807, 2.05) is 0 Å². The number of aromatic carboxylic acids is 1. The fraction of sp³-hybridized carbons (Fsp3) is 0.500. The van der Waals surface area contributed by atoms with Gasteiger partial charge in [-0.2, -0.15) is 6.42 Å². The smallest absolute Gasteiger partial charge is 0.339 e. The molecule has 0 radical (unpaired) electrons. The minimum absolute atomic E-state index is 0. The molecule has 20 heavy (non-hydrogen) atoms. The number of carboxylic acid groups (broad SMARTS) is 1. The monoisotopic (exact) mass is 329 g/mol. The number of carbonyl (C=O) groups is 1. The third-order valence-corrected chi connectivity index (χ3v) is 2.74. The Kier molecular flexibility index (Phi) is 15.5. The molecular formula is C16H25O3Zn-. The van der Waals surface area contributed by atoms with Crippen LogP contribution in [0.15, 0.2) is 24.3 Å². The van der Waals surface area contributed by atoms with Gasteiger partial charge in [0, 0.05) is 19.5 Å². The van der Waals surface area contributed by atoms with E-state index in [2.05, 4.69) is 13.8 Å². The fourth-order valence-corrected chi connectivity index (χ4v) is 1.61. The van der Waals surface area contributed by atoms with Gasteiger partial charge in [-0.05, 0) is 12.1 Å². The second-order valence-electron chi connectivity index (χ2n) is 4.44. The Morgan fingerprint density at radius 3 is 2.10 bits per heavy atom. The number of phenols is 1. The van der Waals surface area contributed by atoms with Crippen LogP contribution in [0, 0.1) is 6.92 Å². The Morgan fingerprint density at radius 2 is 1.65 bits per heavy atom. The van der Waals surface area contributed by atoms with E-state index in [4.69, 9.17) is 10.2 Å². The minimum Gasteiger partial charge on any atom is -0.507 e. The summed E-state index contributed by atoms with van der Waals surface area (Å²) in [5.41, 5.74) is -0.0671. The van der Waals surface area contributed by atoms with Crippen LogP contribution >= 0.6 is 0 Å². The summed E-state index contributed by atoms with van der Waals surface area (Å²) in [5.74, 6) is -1.31. The van der Waals surface area contributed by atoms with Crippen molar-refractivity contribution in [3.8, 4) is 5.75 Å². The van der Waals surface area contributed by atoms with Gasteiger partial charge in [0.15, 0.2) is 0 Å². The Labute approximate surface area is 135 Å². The maximum Gasteiger partial charge on any atom is 0.339 e. The van der Waals surface area contributed by atoms with Crippen molar-refractivity contribution in [3.63, 3.8) is 0 Å². The van der Waals surface area contributed by atoms with Crippen molar-refractivity contribution in [2.75, 3.05) is 0 Å². The summed E-state index contributed by atoms with van der Waals surface area (Å²) in [7, 11) is 0. The Hall–Kier alpha value is -0.887. The van der Waals surface area contributed by atoms with Crippen LogP contribution in [0.5, 0.6) is 5.75 Å². The molecule has 0 aromatic heterocycles. The number of para-hydroxylation sites is 1. The molecule has 0 atom stereocenters. The topological polar surface area (TPSA) is 57.5 Å². The van der Waals surface area contributed by atoms with E-state index < -0.39 is 5.97 Å². The van der Waals surface area contributed by atoms with E-state index in [1.165, 1.54) is 50.7 Å². The molecule has 3 nitrogen and oxygen atoms in total. The molecule has 0 amide bonds. The van der Waals surface area contributed by atoms with Gasteiger partial charge in [0.1, 0.15) is 11.3 Å². The largest absolute Gasteiger partial charge is 0.507 e. The van der Waals surface area contributed by atoms with Crippen molar-refractivity contribution in [1.82, 2.24) is 0 Å². The number of hydrogen-bond donors (Lipinski definition) is 2. The van der Waals surface area contributed by atoms with Gasteiger partial charge in [-0.15, -0.1) is 0 Å². The van der Waals surface area contributed by atoms with Crippen molar-refractivity contribution in [1.29, 1.82) is 0 Å². The number of carboxylic acids is 1. The summed E-state index contributed by atoms with van der Waals surface area (Å²) in [4.78, 5) is 10.3. The van der Waals surface area contributed by atoms with Crippen LogP contribution in [0.1, 0.15) is 62.2 Å². The van der Waals surface area contributed by atoms with Crippen LogP contribution in [-0.2, 0) is 19.5 Å². The van der Waals surface area contributed by atoms with Gasteiger partial charge in [-0.1, -0.05) is 57.6 Å². The van der Waals surface area contributed by atoms with Crippen LogP contribution in [0.25, 0.3) is 0 Å². The number of rotatable bonds is 7. The molecule has 4 heteroatoms. The van der Waals surface area contributed by atoms with Crippen LogP contribution < -0.4 is 0 Å². The first-order chi connectivity index (χ1) is 9.13. The first-order valence-electron chi connectivity index (χ1n) is 6.94. The summed E-state index contributed by atoms with van der Waals surface area (Å²) in [6.07, 6.45) is 9.45. The number of aromatic hydroxyl groups is 1. The van der Waals surface area contributed by atoms with E-state index in [1.54, 1.807) is 12.1 Å². The second-order valence-corrected chi connectivity index (χ2v) is 4.44. The zero-order chi connectivity index (χ0) is 14.5. The van der Waals surface area contributed by atoms with Crippen LogP contribution in [0.3, 0.4) is 0 Å². The molecule has 0 aliphatic heterocycles. The normalized spacial score (nSPS) is 9.10. The molecule has 0 heterocycles. The molecular weight excluding hydrogens is 306 g/mol. The first-order valence-corrected chi connectivity index (χ1v) is 6.94. The molecule has 0 saturated heterocycles. The van der Waals surface area contributed by atoms with E-state index in [0.29, 0.717) is 0 Å². The van der Waals surface area contributed by atoms with Gasteiger partial charge in [-0.3, -0.25) is 0 Å². The molecule has 0 spiro atoms. The van der Waals surface area contributed by atoms with Crippen molar-refractivity contribution in [2.45, 2.75) is 51.9 Å². The molecule has 0 fully saturated rings. The fourth-order valence-electron chi connectivity index (χ4n) is 1.61. The predicted molar refractivity (Wildman–Crippen MR) is 78.4 cm³/mol. The second kappa shape index (κ2) is 14.5. The van der Waals surface area contributed by atoms with Crippen molar-refractivity contribution < 1.29 is 34.5 Å². The molecule has 2 N–H and O–H groups in total. The maximum atomic E-state index is 10.3. The van der Waals surface area contributed by atoms with Crippen LogP contribution in [-0.4, -0.2) is 16.2 Å². The van der Waals surface area contributed by atoms with Gasteiger partial charge in [-0.25, -0.2) is 4.79 Å². The molecule has 0 aliphatic rings. The van der Waals surface area contributed by atoms with Gasteiger partial charge in [0.2, 0.25) is 0 Å². The molecule has 110 valence electrons. The Balaban J connectivity index is 0. The molecule has 0 saturated carbocycles. The Morgan fingerprint density at radius 1 is 1.10 bits per heavy atom. The SMILES string of the molecule is O=C(O)c1ccccc1O.[CH2-]CCCCCCCC.[Zn]. The van der Waals surface area contributed by atoms with Gasteiger partial charge in [0.05, 0.1) is 0 Å². The molecule has 0 bridgehead atoms. The zero-order valence-electron chi connectivity index (χ0n) is 12.5. The average Bonchev–Trinajstić information content (AvgIpc) is 2.40. The average molecular weight is 331 g/mol. The summed E-state index contributed by atoms with van der Waals surface area (Å²) in [6.45, 7) is 6.05. The van der Waals surface area contributed by atoms with Crippen molar-refractivity contribution in [3.05, 3.63) is 36.8 Å². The number of benzene rings is 1. The van der Waals surface area contributed by atoms with Crippen molar-refractivity contribution in [2.24, 2.45) is 0 Å². The molecule has 1 rings (SSSR count). The number of unbranched alkanes of at least 4 members (excludes halogenated alkanes) is 6. The molecule has 0 aliphatic carbocycles. The zero-order valence-corrected chi connectivity index (χ0v) is 15.4. The maximum absolute atomic E-state index is 10.3. The van der Waals surface area contributed by atoms with Crippen LogP contribution in [0.2, 0.25) is 0 Å². The van der Waals surface area contributed by atoms with E-state index in [-0.39, 0.29) is 30.8 Å².